The highest BCUT2D eigenvalue weighted by atomic mass is 32.2. The third-order valence-corrected chi connectivity index (χ3v) is 7.10. The number of anilines is 1. The highest BCUT2D eigenvalue weighted by Gasteiger charge is 2.22. The smallest absolute Gasteiger partial charge is 0.262 e. The van der Waals surface area contributed by atoms with E-state index in [1.807, 2.05) is 46.8 Å². The first-order valence-electron chi connectivity index (χ1n) is 11.7. The summed E-state index contributed by atoms with van der Waals surface area (Å²) in [6.45, 7) is 12.3. The maximum atomic E-state index is 13.1. The molecule has 2 aromatic carbocycles. The molecule has 9 heteroatoms. The van der Waals surface area contributed by atoms with Crippen LogP contribution in [0.25, 0.3) is 0 Å². The Morgan fingerprint density at radius 2 is 1.86 bits per heavy atom. The maximum absolute atomic E-state index is 13.1. The second kappa shape index (κ2) is 10.6. The van der Waals surface area contributed by atoms with Gasteiger partial charge in [0.05, 0.1) is 4.90 Å². The number of sulfonamides is 1. The van der Waals surface area contributed by atoms with Gasteiger partial charge < -0.3 is 9.84 Å². The van der Waals surface area contributed by atoms with Gasteiger partial charge in [0.25, 0.3) is 15.9 Å². The first-order valence-corrected chi connectivity index (χ1v) is 13.2. The van der Waals surface area contributed by atoms with Crippen LogP contribution >= 0.6 is 0 Å². The van der Waals surface area contributed by atoms with E-state index in [0.29, 0.717) is 47.9 Å². The van der Waals surface area contributed by atoms with Gasteiger partial charge in [-0.2, -0.15) is 4.98 Å². The van der Waals surface area contributed by atoms with E-state index in [2.05, 4.69) is 20.2 Å². The molecule has 0 saturated heterocycles. The van der Waals surface area contributed by atoms with Crippen molar-refractivity contribution in [3.8, 4) is 0 Å². The molecule has 1 heterocycles. The Bertz CT molecular complexity index is 1290. The van der Waals surface area contributed by atoms with Crippen molar-refractivity contribution in [2.45, 2.75) is 70.6 Å². The van der Waals surface area contributed by atoms with E-state index >= 15 is 0 Å². The molecular formula is C26H34N4O4S. The van der Waals surface area contributed by atoms with Crippen molar-refractivity contribution in [1.29, 1.82) is 0 Å². The monoisotopic (exact) mass is 498 g/mol. The van der Waals surface area contributed by atoms with Crippen molar-refractivity contribution >= 4 is 21.6 Å². The van der Waals surface area contributed by atoms with Crippen LogP contribution in [0.1, 0.15) is 80.2 Å². The second-order valence-electron chi connectivity index (χ2n) is 9.98. The minimum absolute atomic E-state index is 0.184. The Labute approximate surface area is 207 Å². The lowest BCUT2D eigenvalue weighted by molar-refractivity contribution is 0.0953. The first-order chi connectivity index (χ1) is 16.4. The Balaban J connectivity index is 1.63. The van der Waals surface area contributed by atoms with Gasteiger partial charge in [-0.15, -0.1) is 0 Å². The lowest BCUT2D eigenvalue weighted by Crippen LogP contribution is -2.25. The summed E-state index contributed by atoms with van der Waals surface area (Å²) in [5, 5.41) is 6.78. The van der Waals surface area contributed by atoms with Gasteiger partial charge in [-0.3, -0.25) is 9.52 Å². The normalized spacial score (nSPS) is 12.1. The molecule has 0 unspecified atom stereocenters. The standard InChI is InChI=1S/C26H34N4O4S/c1-17(2)24-28-23(34-29-24)11-8-14-27-25(31)19-9-7-10-21(15-19)30-35(32,33)22-16-20(26(4,5)6)13-12-18(22)3/h7,9-10,12-13,15-17,30H,8,11,14H2,1-6H3,(H,27,31). The zero-order valence-electron chi connectivity index (χ0n) is 21.2. The highest BCUT2D eigenvalue weighted by Crippen LogP contribution is 2.28. The zero-order chi connectivity index (χ0) is 25.8. The molecule has 0 atom stereocenters. The molecule has 0 bridgehead atoms. The number of nitrogens with one attached hydrogen (secondary N) is 2. The van der Waals surface area contributed by atoms with E-state index in [4.69, 9.17) is 4.52 Å². The quantitative estimate of drug-likeness (QED) is 0.403. The van der Waals surface area contributed by atoms with Crippen LogP contribution in [0, 0.1) is 6.92 Å². The minimum atomic E-state index is -3.83. The third kappa shape index (κ3) is 6.91. The Hall–Kier alpha value is -3.20. The number of aryl methyl sites for hydroxylation is 2. The second-order valence-corrected chi connectivity index (χ2v) is 11.6. The summed E-state index contributed by atoms with van der Waals surface area (Å²) in [6, 6.07) is 11.9. The molecule has 8 nitrogen and oxygen atoms in total. The van der Waals surface area contributed by atoms with E-state index in [-0.39, 0.29) is 22.1 Å². The molecule has 1 amide bonds. The number of carbonyl (C=O) groups is 1. The zero-order valence-corrected chi connectivity index (χ0v) is 22.0. The average Bonchev–Trinajstić information content (AvgIpc) is 3.25. The Kier molecular flexibility index (Phi) is 8.00. The lowest BCUT2D eigenvalue weighted by Gasteiger charge is -2.21. The molecule has 0 aliphatic carbocycles. The van der Waals surface area contributed by atoms with Gasteiger partial charge in [-0.25, -0.2) is 8.42 Å². The molecule has 2 N–H and O–H groups in total. The van der Waals surface area contributed by atoms with E-state index in [1.54, 1.807) is 31.2 Å². The molecule has 0 aliphatic rings. The van der Waals surface area contributed by atoms with Gasteiger partial charge >= 0.3 is 0 Å². The molecule has 0 fully saturated rings. The molecule has 0 radical (unpaired) electrons. The average molecular weight is 499 g/mol. The molecule has 0 saturated carbocycles. The van der Waals surface area contributed by atoms with Gasteiger partial charge in [-0.05, 0) is 54.2 Å². The van der Waals surface area contributed by atoms with Gasteiger partial charge in [-0.1, -0.05) is 58.0 Å². The van der Waals surface area contributed by atoms with Crippen molar-refractivity contribution in [2.24, 2.45) is 0 Å². The topological polar surface area (TPSA) is 114 Å². The number of hydrogen-bond donors (Lipinski definition) is 2. The van der Waals surface area contributed by atoms with Gasteiger partial charge in [0.2, 0.25) is 5.89 Å². The van der Waals surface area contributed by atoms with Crippen LogP contribution < -0.4 is 10.0 Å². The number of hydrogen-bond acceptors (Lipinski definition) is 6. The molecule has 3 aromatic rings. The molecule has 35 heavy (non-hydrogen) atoms. The number of benzene rings is 2. The van der Waals surface area contributed by atoms with E-state index < -0.39 is 10.0 Å². The van der Waals surface area contributed by atoms with Crippen molar-refractivity contribution in [2.75, 3.05) is 11.3 Å². The van der Waals surface area contributed by atoms with Gasteiger partial charge in [0.1, 0.15) is 0 Å². The predicted molar refractivity (Wildman–Crippen MR) is 136 cm³/mol. The summed E-state index contributed by atoms with van der Waals surface area (Å²) in [7, 11) is -3.83. The van der Waals surface area contributed by atoms with Crippen LogP contribution in [0.15, 0.2) is 51.9 Å². The summed E-state index contributed by atoms with van der Waals surface area (Å²) in [6.07, 6.45) is 1.20. The van der Waals surface area contributed by atoms with Crippen molar-refractivity contribution in [1.82, 2.24) is 15.5 Å². The molecular weight excluding hydrogens is 464 g/mol. The van der Waals surface area contributed by atoms with Crippen LogP contribution in [0.5, 0.6) is 0 Å². The van der Waals surface area contributed by atoms with Crippen LogP contribution in [-0.4, -0.2) is 31.0 Å². The van der Waals surface area contributed by atoms with Crippen LogP contribution in [0.3, 0.4) is 0 Å². The van der Waals surface area contributed by atoms with E-state index in [0.717, 1.165) is 5.56 Å². The number of amides is 1. The fourth-order valence-corrected chi connectivity index (χ4v) is 4.76. The fourth-order valence-electron chi connectivity index (χ4n) is 3.44. The van der Waals surface area contributed by atoms with Crippen molar-refractivity contribution in [3.63, 3.8) is 0 Å². The molecule has 0 spiro atoms. The summed E-state index contributed by atoms with van der Waals surface area (Å²) in [4.78, 5) is 17.2. The molecule has 1 aromatic heterocycles. The number of rotatable bonds is 9. The Morgan fingerprint density at radius 1 is 1.11 bits per heavy atom. The molecule has 188 valence electrons. The van der Waals surface area contributed by atoms with Crippen LogP contribution in [-0.2, 0) is 21.9 Å². The first kappa shape index (κ1) is 26.4. The van der Waals surface area contributed by atoms with Gasteiger partial charge in [0.15, 0.2) is 5.82 Å². The lowest BCUT2D eigenvalue weighted by atomic mass is 9.87. The predicted octanol–water partition coefficient (Wildman–Crippen LogP) is 4.96. The number of nitrogens with zero attached hydrogens (tertiary/aromatic N) is 2. The largest absolute Gasteiger partial charge is 0.352 e. The van der Waals surface area contributed by atoms with Crippen LogP contribution in [0.4, 0.5) is 5.69 Å². The summed E-state index contributed by atoms with van der Waals surface area (Å²) in [5.41, 5.74) is 2.09. The van der Waals surface area contributed by atoms with E-state index in [1.165, 1.54) is 6.07 Å². The van der Waals surface area contributed by atoms with Crippen molar-refractivity contribution in [3.05, 3.63) is 70.9 Å². The summed E-state index contributed by atoms with van der Waals surface area (Å²) < 4.78 is 34.1. The maximum Gasteiger partial charge on any atom is 0.262 e. The van der Waals surface area contributed by atoms with Crippen LogP contribution in [0.2, 0.25) is 0 Å². The fraction of sp³-hybridized carbons (Fsp3) is 0.423. The SMILES string of the molecule is Cc1ccc(C(C)(C)C)cc1S(=O)(=O)Nc1cccc(C(=O)NCCCc2nc(C(C)C)no2)c1. The highest BCUT2D eigenvalue weighted by molar-refractivity contribution is 7.92. The summed E-state index contributed by atoms with van der Waals surface area (Å²) in [5.74, 6) is 1.13. The number of aromatic nitrogens is 2. The molecule has 0 aliphatic heterocycles. The van der Waals surface area contributed by atoms with Crippen molar-refractivity contribution < 1.29 is 17.7 Å². The van der Waals surface area contributed by atoms with E-state index in [9.17, 15) is 13.2 Å². The Morgan fingerprint density at radius 3 is 2.51 bits per heavy atom. The number of carbonyl (C=O) groups excluding carboxylic acids is 1. The minimum Gasteiger partial charge on any atom is -0.352 e. The molecule has 3 rings (SSSR count). The van der Waals surface area contributed by atoms with Gasteiger partial charge in [0, 0.05) is 30.1 Å². The third-order valence-electron chi connectivity index (χ3n) is 5.57. The summed E-state index contributed by atoms with van der Waals surface area (Å²) >= 11 is 0.